The van der Waals surface area contributed by atoms with Crippen LogP contribution in [0.15, 0.2) is 513 Å². The van der Waals surface area contributed by atoms with Gasteiger partial charge in [0.05, 0.1) is 5.69 Å². The van der Waals surface area contributed by atoms with Crippen LogP contribution in [0.3, 0.4) is 0 Å². The summed E-state index contributed by atoms with van der Waals surface area (Å²) in [6.45, 7) is 0. The number of nitrogens with zero attached hydrogens (tertiary/aromatic N) is 3. The molecule has 0 atom stereocenters. The Morgan fingerprint density at radius 2 is 0.440 bits per heavy atom. The second-order valence-electron chi connectivity index (χ2n) is 36.4. The van der Waals surface area contributed by atoms with Gasteiger partial charge in [0.2, 0.25) is 0 Å². The first-order valence-corrected chi connectivity index (χ1v) is 48.6. The molecule has 0 radical (unpaired) electrons. The zero-order valence-electron chi connectivity index (χ0n) is 76.1. The van der Waals surface area contributed by atoms with E-state index in [9.17, 15) is 0 Å². The molecule has 24 aromatic carbocycles. The van der Waals surface area contributed by atoms with Gasteiger partial charge >= 0.3 is 0 Å². The molecule has 0 bridgehead atoms. The Morgan fingerprint density at radius 1 is 0.149 bits per heavy atom. The van der Waals surface area contributed by atoms with Crippen LogP contribution >= 0.6 is 11.3 Å². The second-order valence-corrected chi connectivity index (χ2v) is 37.4. The van der Waals surface area contributed by atoms with Crippen LogP contribution in [-0.2, 0) is 0 Å². The number of benzene rings is 24. The highest BCUT2D eigenvalue weighted by atomic mass is 32.1. The van der Waals surface area contributed by atoms with Crippen LogP contribution in [-0.4, -0.2) is 0 Å². The van der Waals surface area contributed by atoms with E-state index in [1.54, 1.807) is 0 Å². The summed E-state index contributed by atoms with van der Waals surface area (Å²) in [5, 5.41) is 21.5. The van der Waals surface area contributed by atoms with Crippen LogP contribution in [0.4, 0.5) is 51.2 Å². The molecule has 0 fully saturated rings. The van der Waals surface area contributed by atoms with Gasteiger partial charge in [0.25, 0.3) is 0 Å². The Kier molecular flexibility index (Phi) is 19.0. The third kappa shape index (κ3) is 13.8. The first kappa shape index (κ1) is 80.9. The van der Waals surface area contributed by atoms with Crippen molar-refractivity contribution in [1.82, 2.24) is 0 Å². The molecule has 0 spiro atoms. The fourth-order valence-electron chi connectivity index (χ4n) is 21.7. The van der Waals surface area contributed by atoms with Gasteiger partial charge in [-0.25, -0.2) is 0 Å². The Morgan fingerprint density at radius 3 is 0.872 bits per heavy atom. The minimum Gasteiger partial charge on any atom is -0.456 e. The number of rotatable bonds is 15. The molecule has 141 heavy (non-hydrogen) atoms. The van der Waals surface area contributed by atoms with E-state index in [0.717, 1.165) is 140 Å². The molecule has 0 aliphatic carbocycles. The molecule has 0 amide bonds. The lowest BCUT2D eigenvalue weighted by Gasteiger charge is -2.26. The van der Waals surface area contributed by atoms with Crippen molar-refractivity contribution in [2.24, 2.45) is 0 Å². The molecule has 0 N–H and O–H groups in total. The summed E-state index contributed by atoms with van der Waals surface area (Å²) < 4.78 is 34.2. The van der Waals surface area contributed by atoms with Crippen molar-refractivity contribution in [3.8, 4) is 66.8 Å². The molecule has 0 aliphatic rings. The summed E-state index contributed by atoms with van der Waals surface area (Å²) >= 11 is 1.85. The fourth-order valence-corrected chi connectivity index (χ4v) is 22.8. The van der Waals surface area contributed by atoms with Gasteiger partial charge in [0.15, 0.2) is 5.58 Å². The van der Waals surface area contributed by atoms with E-state index in [4.69, 9.17) is 22.1 Å². The lowest BCUT2D eigenvalue weighted by atomic mass is 9.94. The minimum atomic E-state index is 0.868. The normalized spacial score (nSPS) is 11.8. The summed E-state index contributed by atoms with van der Waals surface area (Å²) in [6, 6.07) is 175. The Balaban J connectivity index is 0.000000104. The molecule has 0 saturated heterocycles. The Labute approximate surface area is 813 Å². The molecular weight excluding hydrogens is 1740 g/mol. The molecule has 30 rings (SSSR count). The lowest BCUT2D eigenvalue weighted by molar-refractivity contribution is 0.668. The summed E-state index contributed by atoms with van der Waals surface area (Å²) in [7, 11) is 0. The summed E-state index contributed by atoms with van der Waals surface area (Å²) in [6.07, 6.45) is 0. The van der Waals surface area contributed by atoms with Crippen molar-refractivity contribution in [3.05, 3.63) is 491 Å². The number of hydrogen-bond acceptors (Lipinski definition) is 9. The summed E-state index contributed by atoms with van der Waals surface area (Å²) in [5.74, 6) is 0. The molecule has 660 valence electrons. The largest absolute Gasteiger partial charge is 0.456 e. The lowest BCUT2D eigenvalue weighted by Crippen LogP contribution is -2.10. The van der Waals surface area contributed by atoms with Gasteiger partial charge in [-0.05, 0) is 257 Å². The summed E-state index contributed by atoms with van der Waals surface area (Å²) in [5.41, 5.74) is 33.1. The number of thiophene rings is 1. The third-order valence-electron chi connectivity index (χ3n) is 28.4. The van der Waals surface area contributed by atoms with Gasteiger partial charge in [0.1, 0.15) is 50.2 Å². The van der Waals surface area contributed by atoms with Crippen LogP contribution in [0, 0.1) is 0 Å². The Bertz CT molecular complexity index is 9590. The quantitative estimate of drug-likeness (QED) is 0.0940. The number of hydrogen-bond donors (Lipinski definition) is 0. The predicted molar refractivity (Wildman–Crippen MR) is 591 cm³/mol. The van der Waals surface area contributed by atoms with Gasteiger partial charge in [-0.15, -0.1) is 11.3 Å². The van der Waals surface area contributed by atoms with Crippen molar-refractivity contribution >= 4 is 225 Å². The highest BCUT2D eigenvalue weighted by Crippen LogP contribution is 2.51. The van der Waals surface area contributed by atoms with Crippen molar-refractivity contribution in [1.29, 1.82) is 0 Å². The van der Waals surface area contributed by atoms with Gasteiger partial charge in [-0.3, -0.25) is 0 Å². The molecule has 0 aliphatic heterocycles. The number of anilines is 9. The maximum Gasteiger partial charge on any atom is 0.159 e. The first-order chi connectivity index (χ1) is 69.9. The minimum absolute atomic E-state index is 0.868. The molecule has 6 aromatic heterocycles. The zero-order valence-corrected chi connectivity index (χ0v) is 76.9. The van der Waals surface area contributed by atoms with Crippen LogP contribution in [0.1, 0.15) is 0 Å². The monoisotopic (exact) mass is 1820 g/mol. The zero-order chi connectivity index (χ0) is 92.7. The third-order valence-corrected chi connectivity index (χ3v) is 29.5. The molecule has 0 unspecified atom stereocenters. The SMILES string of the molecule is c1ccc(-c2ccc(N(c3ccc(-c4ccc5oc6cccc7ccc4c5c76)cc3)c3ccc4c(c3)oc3ccccc34)cc2)cc1.c1ccc(-c2ccc(N(c3ccc(-c4ccc5oc6cccc7ccc4c5c76)cc3)c3ccc4c(c3)sc3ccccc34)cc2)cc1.c1ccc(-c2ccc(N(c3ccc(-c4ccc5oc6cccc7ccc4c5c76)cc3)c3cccc4c3oc3ccccc34)cc2)cc1. The molecule has 30 aromatic rings. The maximum atomic E-state index is 6.54. The van der Waals surface area contributed by atoms with Crippen molar-refractivity contribution in [3.63, 3.8) is 0 Å². The Hall–Kier alpha value is -18.5. The van der Waals surface area contributed by atoms with E-state index >= 15 is 0 Å². The van der Waals surface area contributed by atoms with Crippen LogP contribution in [0.2, 0.25) is 0 Å². The van der Waals surface area contributed by atoms with Gasteiger partial charge < -0.3 is 36.8 Å². The molecule has 9 heteroatoms. The van der Waals surface area contributed by atoms with Gasteiger partial charge in [-0.1, -0.05) is 328 Å². The molecule has 6 heterocycles. The number of fused-ring (bicyclic) bond motifs is 9. The smallest absolute Gasteiger partial charge is 0.159 e. The topological polar surface area (TPSA) is 75.4 Å². The van der Waals surface area contributed by atoms with E-state index < -0.39 is 0 Å². The van der Waals surface area contributed by atoms with E-state index in [2.05, 4.69) is 482 Å². The van der Waals surface area contributed by atoms with Crippen LogP contribution in [0.5, 0.6) is 0 Å². The van der Waals surface area contributed by atoms with Crippen molar-refractivity contribution in [2.45, 2.75) is 0 Å². The van der Waals surface area contributed by atoms with Crippen LogP contribution in [0.25, 0.3) is 229 Å². The van der Waals surface area contributed by atoms with E-state index in [-0.39, 0.29) is 0 Å². The van der Waals surface area contributed by atoms with Crippen molar-refractivity contribution in [2.75, 3.05) is 14.7 Å². The van der Waals surface area contributed by atoms with Crippen LogP contribution < -0.4 is 14.7 Å². The molecular formula is C132H81N3O5S. The second kappa shape index (κ2) is 33.2. The van der Waals surface area contributed by atoms with E-state index in [1.165, 1.54) is 140 Å². The average molecular weight is 1820 g/mol. The number of furan rings is 5. The van der Waals surface area contributed by atoms with Gasteiger partial charge in [-0.2, -0.15) is 0 Å². The predicted octanol–water partition coefficient (Wildman–Crippen LogP) is 39.1. The highest BCUT2D eigenvalue weighted by Gasteiger charge is 2.26. The number of para-hydroxylation sites is 3. The van der Waals surface area contributed by atoms with E-state index in [1.807, 2.05) is 35.6 Å². The highest BCUT2D eigenvalue weighted by molar-refractivity contribution is 7.25. The summed E-state index contributed by atoms with van der Waals surface area (Å²) in [4.78, 5) is 6.96. The maximum absolute atomic E-state index is 6.54. The van der Waals surface area contributed by atoms with Gasteiger partial charge in [0, 0.05) is 126 Å². The molecule has 0 saturated carbocycles. The average Bonchev–Trinajstić information content (AvgIpc) is 1.60. The van der Waals surface area contributed by atoms with E-state index in [0.29, 0.717) is 0 Å². The first-order valence-electron chi connectivity index (χ1n) is 47.8. The van der Waals surface area contributed by atoms with Crippen molar-refractivity contribution < 1.29 is 22.1 Å². The fraction of sp³-hybridized carbons (Fsp3) is 0. The standard InChI is InChI=1S/2C44H27NO2.C44H27NOS/c1-2-8-28(9-3-1)29-16-21-32(22-17-29)45(38-13-7-12-37-35-11-4-5-14-39(35)47-44(37)38)33-23-18-30(19-24-33)34-26-27-41-43-36(34)25-20-31-10-6-15-40(46-41)42(31)43;1-2-7-28(8-3-1)29-13-18-32(19-14-29)45(34-22-24-37-36-10-4-5-11-39(36)46-42(37)27-34)33-20-15-30(16-21-33)35-25-26-41-44-38(35)23-17-31-9-6-12-40(47-41)43(31)44;1-2-7-28(8-3-1)29-13-18-32(19-14-29)45(34-22-24-37-36-10-4-5-12-41(36)47-42(37)27-34)33-20-15-30(16-21-33)35-25-26-40-44-38(35)23-17-31-9-6-11-39(46-40)43(31)44/h3*1-27H. The molecule has 8 nitrogen and oxygen atoms in total.